The Morgan fingerprint density at radius 3 is 2.04 bits per heavy atom. The summed E-state index contributed by atoms with van der Waals surface area (Å²) < 4.78 is 0.683. The molecule has 0 bridgehead atoms. The van der Waals surface area contributed by atoms with Gasteiger partial charge >= 0.3 is 0 Å². The van der Waals surface area contributed by atoms with Gasteiger partial charge in [-0.05, 0) is 30.0 Å². The number of carbonyl (C=O) groups is 1. The number of rotatable bonds is 11. The molecule has 0 saturated heterocycles. The molecule has 0 aromatic rings. The van der Waals surface area contributed by atoms with E-state index in [0.29, 0.717) is 27.5 Å². The van der Waals surface area contributed by atoms with Gasteiger partial charge in [0.1, 0.15) is 7.28 Å². The fraction of sp³-hybridized carbons (Fsp3) is 0.950. The Hall–Kier alpha value is 0.615. The minimum Gasteiger partial charge on any atom is -0.345 e. The maximum Gasteiger partial charge on any atom is 0.223 e. The van der Waals surface area contributed by atoms with Crippen molar-refractivity contribution >= 4 is 48.4 Å². The summed E-state index contributed by atoms with van der Waals surface area (Å²) in [5.41, 5.74) is 0. The van der Waals surface area contributed by atoms with Crippen LogP contribution in [0.2, 0.25) is 11.1 Å². The topological polar surface area (TPSA) is 29.1 Å². The number of hydrogen-bond acceptors (Lipinski definition) is 2. The van der Waals surface area contributed by atoms with Crippen LogP contribution in [0.15, 0.2) is 0 Å². The first-order valence-electron chi connectivity index (χ1n) is 9.89. The molecule has 25 heavy (non-hydrogen) atoms. The molecule has 0 spiro atoms. The Labute approximate surface area is 177 Å². The number of carbonyl (C=O) groups excluding carboxylic acids is 1. The zero-order valence-corrected chi connectivity index (χ0v) is 20.9. The summed E-state index contributed by atoms with van der Waals surface area (Å²) in [6, 6.07) is 0. The smallest absolute Gasteiger partial charge is 0.223 e. The number of alkyl halides is 1. The van der Waals surface area contributed by atoms with Crippen LogP contribution in [-0.2, 0) is 4.79 Å². The van der Waals surface area contributed by atoms with Crippen molar-refractivity contribution in [3.8, 4) is 0 Å². The molecule has 0 saturated carbocycles. The van der Waals surface area contributed by atoms with Gasteiger partial charge in [0, 0.05) is 9.84 Å². The van der Waals surface area contributed by atoms with Gasteiger partial charge < -0.3 is 5.32 Å². The third-order valence-electron chi connectivity index (χ3n) is 5.67. The zero-order valence-electron chi connectivity index (χ0n) is 17.9. The summed E-state index contributed by atoms with van der Waals surface area (Å²) in [4.78, 5) is 12.5. The number of nitrogens with one attached hydrogen (secondary N) is 1. The summed E-state index contributed by atoms with van der Waals surface area (Å²) in [6.07, 6.45) is 2.15. The van der Waals surface area contributed by atoms with E-state index in [2.05, 4.69) is 83.3 Å². The van der Waals surface area contributed by atoms with Gasteiger partial charge in [-0.1, -0.05) is 96.6 Å². The fourth-order valence-electron chi connectivity index (χ4n) is 3.47. The minimum atomic E-state index is -0.0732. The van der Waals surface area contributed by atoms with Crippen molar-refractivity contribution in [2.24, 2.45) is 23.7 Å². The summed E-state index contributed by atoms with van der Waals surface area (Å²) >= 11 is 7.22. The van der Waals surface area contributed by atoms with Crippen LogP contribution in [0.1, 0.15) is 75.2 Å². The first-order chi connectivity index (χ1) is 11.3. The van der Waals surface area contributed by atoms with Gasteiger partial charge in [-0.25, -0.2) is 0 Å². The van der Waals surface area contributed by atoms with Gasteiger partial charge in [-0.3, -0.25) is 4.79 Å². The molecule has 0 aliphatic rings. The molecule has 0 radical (unpaired) electrons. The molecule has 6 unspecified atom stereocenters. The standard InChI is InChI=1S/C20H41BINOS/c1-12(2)13(3)10-14(4)18(24)23-19(25)16(6)21-20(8,9)11-15(5)17(7)22/h12-17,19,21,25H,10-11H2,1-9H3,(H,23,24). The number of thiol groups is 1. The van der Waals surface area contributed by atoms with Crippen LogP contribution in [0, 0.1) is 23.7 Å². The van der Waals surface area contributed by atoms with Gasteiger partial charge in [0.05, 0.1) is 5.37 Å². The molecule has 0 aliphatic carbocycles. The van der Waals surface area contributed by atoms with E-state index in [1.165, 1.54) is 6.42 Å². The van der Waals surface area contributed by atoms with Crippen molar-refractivity contribution in [1.29, 1.82) is 0 Å². The number of hydrogen-bond donors (Lipinski definition) is 2. The van der Waals surface area contributed by atoms with Crippen LogP contribution in [0.5, 0.6) is 0 Å². The Balaban J connectivity index is 4.54. The average Bonchev–Trinajstić information content (AvgIpc) is 2.45. The van der Waals surface area contributed by atoms with E-state index in [1.54, 1.807) is 0 Å². The van der Waals surface area contributed by atoms with E-state index in [0.717, 1.165) is 13.7 Å². The van der Waals surface area contributed by atoms with Gasteiger partial charge in [0.25, 0.3) is 0 Å². The average molecular weight is 481 g/mol. The summed E-state index contributed by atoms with van der Waals surface area (Å²) in [7, 11) is 1.08. The van der Waals surface area contributed by atoms with Crippen LogP contribution < -0.4 is 5.32 Å². The van der Waals surface area contributed by atoms with Crippen LogP contribution >= 0.6 is 35.2 Å². The summed E-state index contributed by atoms with van der Waals surface area (Å²) in [6.45, 7) is 20.2. The highest BCUT2D eigenvalue weighted by atomic mass is 127. The van der Waals surface area contributed by atoms with Crippen molar-refractivity contribution in [3.05, 3.63) is 0 Å². The highest BCUT2D eigenvalue weighted by molar-refractivity contribution is 14.1. The third-order valence-corrected chi connectivity index (χ3v) is 7.54. The summed E-state index contributed by atoms with van der Waals surface area (Å²) in [5.74, 6) is 2.43. The SMILES string of the molecule is CC(CC(C)C(C)C)C(=O)NC(S)C(C)BC(C)(C)CC(C)C(C)I. The minimum absolute atomic E-state index is 0.0483. The fourth-order valence-corrected chi connectivity index (χ4v) is 3.95. The molecule has 0 aromatic heterocycles. The predicted octanol–water partition coefficient (Wildman–Crippen LogP) is 5.97. The second-order valence-corrected chi connectivity index (χ2v) is 12.0. The van der Waals surface area contributed by atoms with Crippen molar-refractivity contribution in [3.63, 3.8) is 0 Å². The molecular weight excluding hydrogens is 440 g/mol. The quantitative estimate of drug-likeness (QED) is 0.123. The van der Waals surface area contributed by atoms with Gasteiger partial charge in [-0.2, -0.15) is 12.6 Å². The van der Waals surface area contributed by atoms with Crippen LogP contribution in [0.4, 0.5) is 0 Å². The second kappa shape index (κ2) is 11.5. The molecule has 1 N–H and O–H groups in total. The Kier molecular flexibility index (Phi) is 11.7. The molecule has 0 aromatic carbocycles. The predicted molar refractivity (Wildman–Crippen MR) is 127 cm³/mol. The van der Waals surface area contributed by atoms with E-state index < -0.39 is 0 Å². The van der Waals surface area contributed by atoms with Crippen molar-refractivity contribution < 1.29 is 4.79 Å². The van der Waals surface area contributed by atoms with Crippen LogP contribution in [0.25, 0.3) is 0 Å². The molecule has 0 rings (SSSR count). The molecule has 2 nitrogen and oxygen atoms in total. The van der Waals surface area contributed by atoms with Gasteiger partial charge in [-0.15, -0.1) is 0 Å². The number of amides is 1. The third kappa shape index (κ3) is 10.5. The Morgan fingerprint density at radius 1 is 1.08 bits per heavy atom. The first-order valence-corrected chi connectivity index (χ1v) is 11.7. The highest BCUT2D eigenvalue weighted by Gasteiger charge is 2.30. The Morgan fingerprint density at radius 2 is 1.60 bits per heavy atom. The molecule has 6 atom stereocenters. The number of halogens is 1. The van der Waals surface area contributed by atoms with E-state index in [1.807, 2.05) is 6.92 Å². The maximum atomic E-state index is 12.5. The lowest BCUT2D eigenvalue weighted by Crippen LogP contribution is -2.40. The monoisotopic (exact) mass is 481 g/mol. The highest BCUT2D eigenvalue weighted by Crippen LogP contribution is 2.38. The zero-order chi connectivity index (χ0) is 19.9. The van der Waals surface area contributed by atoms with Gasteiger partial charge in [0.15, 0.2) is 0 Å². The lowest BCUT2D eigenvalue weighted by Gasteiger charge is -2.33. The normalized spacial score (nSPS) is 19.7. The molecule has 5 heteroatoms. The summed E-state index contributed by atoms with van der Waals surface area (Å²) in [5, 5.41) is 3.34. The van der Waals surface area contributed by atoms with Crippen molar-refractivity contribution in [2.45, 2.75) is 95.6 Å². The lowest BCUT2D eigenvalue weighted by molar-refractivity contribution is -0.125. The molecule has 148 valence electrons. The van der Waals surface area contributed by atoms with E-state index in [9.17, 15) is 4.79 Å². The maximum absolute atomic E-state index is 12.5. The molecule has 0 fully saturated rings. The van der Waals surface area contributed by atoms with Crippen LogP contribution in [-0.4, -0.2) is 22.5 Å². The van der Waals surface area contributed by atoms with Crippen molar-refractivity contribution in [2.75, 3.05) is 0 Å². The molecule has 1 amide bonds. The largest absolute Gasteiger partial charge is 0.345 e. The Bertz CT molecular complexity index is 403. The molecule has 0 heterocycles. The molecule has 0 aliphatic heterocycles. The van der Waals surface area contributed by atoms with E-state index in [4.69, 9.17) is 12.6 Å². The molecular formula is C20H41BINOS. The van der Waals surface area contributed by atoms with Crippen molar-refractivity contribution in [1.82, 2.24) is 5.32 Å². The van der Waals surface area contributed by atoms with E-state index in [-0.39, 0.29) is 22.5 Å². The van der Waals surface area contributed by atoms with E-state index >= 15 is 0 Å². The van der Waals surface area contributed by atoms with Gasteiger partial charge in [0.2, 0.25) is 5.91 Å². The second-order valence-electron chi connectivity index (χ2n) is 9.52. The first kappa shape index (κ1) is 25.6. The lowest BCUT2D eigenvalue weighted by atomic mass is 9.45. The van der Waals surface area contributed by atoms with Crippen LogP contribution in [0.3, 0.4) is 0 Å².